The molecule has 1 heterocycles. The third-order valence-electron chi connectivity index (χ3n) is 5.21. The van der Waals surface area contributed by atoms with Crippen molar-refractivity contribution in [2.45, 2.75) is 19.0 Å². The van der Waals surface area contributed by atoms with Gasteiger partial charge in [0.15, 0.2) is 17.2 Å². The number of dihydropyridines is 1. The molecule has 0 spiro atoms. The Labute approximate surface area is 173 Å². The molecule has 0 saturated carbocycles. The van der Waals surface area contributed by atoms with Gasteiger partial charge >= 0.3 is 12.3 Å². The molecule has 2 aliphatic rings. The van der Waals surface area contributed by atoms with Crippen LogP contribution in [0.5, 0.6) is 0 Å². The molecule has 6 nitrogen and oxygen atoms in total. The number of benzene rings is 2. The lowest BCUT2D eigenvalue weighted by Gasteiger charge is -2.31. The normalized spacial score (nSPS) is 17.6. The summed E-state index contributed by atoms with van der Waals surface area (Å²) in [6.45, 7) is 1.29. The van der Waals surface area contributed by atoms with Crippen LogP contribution in [0.1, 0.15) is 34.3 Å². The number of allylic oxidation sites excluding steroid dienone is 3. The average molecular weight is 426 g/mol. The smallest absolute Gasteiger partial charge is 0.449 e. The highest BCUT2D eigenvalue weighted by Gasteiger charge is 2.46. The first-order valence-corrected chi connectivity index (χ1v) is 9.02. The van der Waals surface area contributed by atoms with Crippen LogP contribution < -0.4 is 5.32 Å². The Morgan fingerprint density at radius 2 is 1.77 bits per heavy atom. The van der Waals surface area contributed by atoms with E-state index in [1.54, 1.807) is 24.3 Å². The van der Waals surface area contributed by atoms with Crippen LogP contribution >= 0.6 is 0 Å². The summed E-state index contributed by atoms with van der Waals surface area (Å²) in [4.78, 5) is 24.1. The highest BCUT2D eigenvalue weighted by molar-refractivity contribution is 6.22. The molecule has 1 aliphatic carbocycles. The molecule has 9 heteroatoms. The van der Waals surface area contributed by atoms with Crippen molar-refractivity contribution in [2.24, 2.45) is 0 Å². The molecule has 0 saturated heterocycles. The number of rotatable bonds is 2. The van der Waals surface area contributed by atoms with Crippen molar-refractivity contribution in [3.05, 3.63) is 81.9 Å². The number of ketones is 1. The molecule has 0 bridgehead atoms. The predicted molar refractivity (Wildman–Crippen MR) is 102 cm³/mol. The largest absolute Gasteiger partial charge is 0.511 e. The minimum atomic E-state index is -4.98. The van der Waals surface area contributed by atoms with Crippen molar-refractivity contribution in [1.29, 1.82) is 5.26 Å². The Bertz CT molecular complexity index is 1250. The van der Waals surface area contributed by atoms with Crippen LogP contribution in [0.4, 0.5) is 18.0 Å². The second-order valence-electron chi connectivity index (χ2n) is 6.96. The van der Waals surface area contributed by atoms with Gasteiger partial charge in [-0.2, -0.15) is 18.4 Å². The van der Waals surface area contributed by atoms with Crippen LogP contribution in [0, 0.1) is 11.3 Å². The van der Waals surface area contributed by atoms with Crippen LogP contribution in [-0.4, -0.2) is 23.2 Å². The molecular formula is C22H13F3N2O4. The number of carboxylic acid groups (broad SMARTS) is 1. The number of carbonyl (C=O) groups is 2. The summed E-state index contributed by atoms with van der Waals surface area (Å²) in [6, 6.07) is 12.9. The van der Waals surface area contributed by atoms with Crippen molar-refractivity contribution < 1.29 is 32.6 Å². The molecule has 31 heavy (non-hydrogen) atoms. The summed E-state index contributed by atoms with van der Waals surface area (Å²) < 4.78 is 45.9. The molecule has 2 N–H and O–H groups in total. The van der Waals surface area contributed by atoms with E-state index in [2.05, 4.69) is 10.1 Å². The number of nitrogens with one attached hydrogen (secondary N) is 1. The van der Waals surface area contributed by atoms with Crippen molar-refractivity contribution in [3.8, 4) is 17.2 Å². The van der Waals surface area contributed by atoms with Gasteiger partial charge in [0.2, 0.25) is 0 Å². The lowest BCUT2D eigenvalue weighted by atomic mass is 9.81. The van der Waals surface area contributed by atoms with Gasteiger partial charge in [-0.15, -0.1) is 0 Å². The van der Waals surface area contributed by atoms with Crippen molar-refractivity contribution in [1.82, 2.24) is 5.32 Å². The number of hydrogen-bond donors (Lipinski definition) is 2. The number of hydrogen-bond acceptors (Lipinski definition) is 5. The number of alkyl halides is 3. The quantitative estimate of drug-likeness (QED) is 0.569. The molecule has 2 aromatic carbocycles. The molecule has 1 aliphatic heterocycles. The highest BCUT2D eigenvalue weighted by atomic mass is 19.4. The summed E-state index contributed by atoms with van der Waals surface area (Å²) in [7, 11) is 0. The first-order valence-electron chi connectivity index (χ1n) is 9.02. The van der Waals surface area contributed by atoms with Crippen LogP contribution in [0.2, 0.25) is 0 Å². The molecule has 0 aromatic heterocycles. The SMILES string of the molecule is CC1=C(C#N)C(c2cccc3c2-c2ccccc2C3=O)C(OC(=O)O)=C(C(F)(F)F)N1. The van der Waals surface area contributed by atoms with Gasteiger partial charge in [-0.3, -0.25) is 4.79 Å². The second kappa shape index (κ2) is 7.02. The average Bonchev–Trinajstić information content (AvgIpc) is 3.00. The van der Waals surface area contributed by atoms with E-state index < -0.39 is 29.7 Å². The highest BCUT2D eigenvalue weighted by Crippen LogP contribution is 2.48. The standard InChI is InChI=1S/C22H13F3N2O4/c1-10-15(9-26)17(19(31-21(29)30)20(27-10)22(23,24)25)13-7-4-8-14-16(13)11-5-2-3-6-12(11)18(14)28/h2-8,17,27H,1H3,(H,29,30). The minimum Gasteiger partial charge on any atom is -0.449 e. The Morgan fingerprint density at radius 1 is 1.13 bits per heavy atom. The van der Waals surface area contributed by atoms with Gasteiger partial charge in [-0.25, -0.2) is 4.79 Å². The van der Waals surface area contributed by atoms with Gasteiger partial charge in [0, 0.05) is 16.8 Å². The van der Waals surface area contributed by atoms with Crippen molar-refractivity contribution in [3.63, 3.8) is 0 Å². The van der Waals surface area contributed by atoms with Gasteiger partial charge in [-0.1, -0.05) is 42.5 Å². The van der Waals surface area contributed by atoms with E-state index in [0.29, 0.717) is 16.7 Å². The zero-order chi connectivity index (χ0) is 22.5. The van der Waals surface area contributed by atoms with Gasteiger partial charge in [0.1, 0.15) is 0 Å². The third kappa shape index (κ3) is 3.13. The molecular weight excluding hydrogens is 413 g/mol. The first kappa shape index (κ1) is 20.2. The maximum atomic E-state index is 13.8. The zero-order valence-corrected chi connectivity index (χ0v) is 15.9. The van der Waals surface area contributed by atoms with E-state index in [4.69, 9.17) is 5.11 Å². The van der Waals surface area contributed by atoms with E-state index in [1.165, 1.54) is 25.1 Å². The molecule has 0 fully saturated rings. The van der Waals surface area contributed by atoms with Gasteiger partial charge in [0.05, 0.1) is 17.6 Å². The molecule has 1 atom stereocenters. The van der Waals surface area contributed by atoms with Crippen LogP contribution in [-0.2, 0) is 4.74 Å². The Morgan fingerprint density at radius 3 is 2.39 bits per heavy atom. The van der Waals surface area contributed by atoms with E-state index >= 15 is 0 Å². The summed E-state index contributed by atoms with van der Waals surface area (Å²) in [5.74, 6) is -2.75. The molecule has 156 valence electrons. The number of carbonyl (C=O) groups excluding carboxylic acids is 1. The molecule has 0 radical (unpaired) electrons. The summed E-state index contributed by atoms with van der Waals surface area (Å²) in [5, 5.41) is 20.9. The zero-order valence-electron chi connectivity index (χ0n) is 15.9. The summed E-state index contributed by atoms with van der Waals surface area (Å²) in [6.07, 6.45) is -6.93. The van der Waals surface area contributed by atoms with Crippen molar-refractivity contribution >= 4 is 11.9 Å². The maximum Gasteiger partial charge on any atom is 0.511 e. The van der Waals surface area contributed by atoms with Crippen LogP contribution in [0.25, 0.3) is 11.1 Å². The number of ether oxygens (including phenoxy) is 1. The number of fused-ring (bicyclic) bond motifs is 3. The molecule has 2 aromatic rings. The predicted octanol–water partition coefficient (Wildman–Crippen LogP) is 4.85. The fourth-order valence-corrected chi connectivity index (χ4v) is 4.01. The van der Waals surface area contributed by atoms with Crippen LogP contribution in [0.15, 0.2) is 65.2 Å². The van der Waals surface area contributed by atoms with Crippen molar-refractivity contribution in [2.75, 3.05) is 0 Å². The van der Waals surface area contributed by atoms with Gasteiger partial charge in [-0.05, 0) is 23.6 Å². The van der Waals surface area contributed by atoms with E-state index in [-0.39, 0.29) is 28.2 Å². The monoisotopic (exact) mass is 426 g/mol. The maximum absolute atomic E-state index is 13.8. The topological polar surface area (TPSA) is 99.4 Å². The Balaban J connectivity index is 2.06. The second-order valence-corrected chi connectivity index (χ2v) is 6.96. The molecule has 1 unspecified atom stereocenters. The minimum absolute atomic E-state index is 0.0900. The lowest BCUT2D eigenvalue weighted by Crippen LogP contribution is -2.35. The fourth-order valence-electron chi connectivity index (χ4n) is 4.01. The lowest BCUT2D eigenvalue weighted by molar-refractivity contribution is -0.0999. The van der Waals surface area contributed by atoms with Crippen LogP contribution in [0.3, 0.4) is 0 Å². The molecule has 4 rings (SSSR count). The Kier molecular flexibility index (Phi) is 4.58. The summed E-state index contributed by atoms with van der Waals surface area (Å²) in [5.41, 5.74) is 0.00710. The fraction of sp³-hybridized carbons (Fsp3) is 0.136. The molecule has 0 amide bonds. The number of halogens is 3. The summed E-state index contributed by atoms with van der Waals surface area (Å²) >= 11 is 0. The van der Waals surface area contributed by atoms with Gasteiger partial charge < -0.3 is 15.2 Å². The first-order chi connectivity index (χ1) is 14.6. The van der Waals surface area contributed by atoms with E-state index in [1.807, 2.05) is 6.07 Å². The number of nitrogens with zero attached hydrogens (tertiary/aromatic N) is 1. The van der Waals surface area contributed by atoms with E-state index in [0.717, 1.165) is 0 Å². The third-order valence-corrected chi connectivity index (χ3v) is 5.21. The number of nitriles is 1. The van der Waals surface area contributed by atoms with Gasteiger partial charge in [0.25, 0.3) is 0 Å². The Hall–Kier alpha value is -4.06. The van der Waals surface area contributed by atoms with E-state index in [9.17, 15) is 28.0 Å².